The summed E-state index contributed by atoms with van der Waals surface area (Å²) >= 11 is 9.72. The van der Waals surface area contributed by atoms with Crippen molar-refractivity contribution in [2.75, 3.05) is 17.4 Å². The lowest BCUT2D eigenvalue weighted by molar-refractivity contribution is -0.140. The molecule has 0 spiro atoms. The minimum absolute atomic E-state index is 0.0453. The summed E-state index contributed by atoms with van der Waals surface area (Å²) in [5, 5.41) is 3.47. The van der Waals surface area contributed by atoms with Gasteiger partial charge in [-0.1, -0.05) is 108 Å². The maximum absolute atomic E-state index is 14.4. The third kappa shape index (κ3) is 8.94. The van der Waals surface area contributed by atoms with Crippen molar-refractivity contribution in [2.45, 2.75) is 37.8 Å². The Kier molecular flexibility index (Phi) is 11.6. The van der Waals surface area contributed by atoms with Crippen LogP contribution in [0.2, 0.25) is 5.02 Å². The second-order valence-electron chi connectivity index (χ2n) is 10.8. The molecule has 0 heterocycles. The number of halogens is 2. The zero-order chi connectivity index (χ0) is 31.7. The van der Waals surface area contributed by atoms with Gasteiger partial charge < -0.3 is 10.2 Å². The number of hydrogen-bond acceptors (Lipinski definition) is 4. The Balaban J connectivity index is 1.79. The molecular formula is C34H35BrClN3O4S. The van der Waals surface area contributed by atoms with Crippen molar-refractivity contribution in [3.63, 3.8) is 0 Å². The van der Waals surface area contributed by atoms with Crippen molar-refractivity contribution in [2.24, 2.45) is 5.92 Å². The third-order valence-electron chi connectivity index (χ3n) is 6.90. The molecule has 2 amide bonds. The van der Waals surface area contributed by atoms with E-state index in [1.807, 2.05) is 50.2 Å². The standard InChI is InChI=1S/C34H35BrClN3O4S/c1-25(2)22-37-34(41)32(20-26-11-5-3-6-12-26)38(23-27-13-9-15-29(36)19-27)33(40)24-39(30-16-10-14-28(35)21-30)44(42,43)31-17-7-4-8-18-31/h3-19,21,25,32H,20,22-24H2,1-2H3,(H,37,41)/t32-/m1/s1. The number of anilines is 1. The van der Waals surface area contributed by atoms with Gasteiger partial charge in [0.05, 0.1) is 10.6 Å². The number of benzene rings is 4. The van der Waals surface area contributed by atoms with E-state index in [-0.39, 0.29) is 29.7 Å². The highest BCUT2D eigenvalue weighted by Gasteiger charge is 2.34. The van der Waals surface area contributed by atoms with Gasteiger partial charge in [-0.15, -0.1) is 0 Å². The van der Waals surface area contributed by atoms with Crippen LogP contribution in [0.1, 0.15) is 25.0 Å². The lowest BCUT2D eigenvalue weighted by Crippen LogP contribution is -2.53. The molecule has 0 aliphatic carbocycles. The summed E-state index contributed by atoms with van der Waals surface area (Å²) in [5.74, 6) is -0.667. The zero-order valence-electron chi connectivity index (χ0n) is 24.6. The number of hydrogen-bond donors (Lipinski definition) is 1. The molecular weight excluding hydrogens is 662 g/mol. The van der Waals surface area contributed by atoms with Gasteiger partial charge in [-0.2, -0.15) is 0 Å². The normalized spacial score (nSPS) is 12.0. The predicted octanol–water partition coefficient (Wildman–Crippen LogP) is 6.71. The van der Waals surface area contributed by atoms with Crippen molar-refractivity contribution in [3.8, 4) is 0 Å². The molecule has 230 valence electrons. The minimum atomic E-state index is -4.16. The monoisotopic (exact) mass is 695 g/mol. The van der Waals surface area contributed by atoms with E-state index >= 15 is 0 Å². The fourth-order valence-electron chi connectivity index (χ4n) is 4.69. The lowest BCUT2D eigenvalue weighted by Gasteiger charge is -2.34. The molecule has 0 radical (unpaired) electrons. The first-order valence-electron chi connectivity index (χ1n) is 14.2. The molecule has 0 saturated carbocycles. The number of rotatable bonds is 13. The Morgan fingerprint density at radius 2 is 1.48 bits per heavy atom. The molecule has 4 aromatic rings. The highest BCUT2D eigenvalue weighted by atomic mass is 79.9. The zero-order valence-corrected chi connectivity index (χ0v) is 27.7. The van der Waals surface area contributed by atoms with Crippen LogP contribution in [0.3, 0.4) is 0 Å². The van der Waals surface area contributed by atoms with Crippen LogP contribution in [-0.4, -0.2) is 44.3 Å². The summed E-state index contributed by atoms with van der Waals surface area (Å²) in [6, 6.07) is 30.3. The second-order valence-corrected chi connectivity index (χ2v) is 14.0. The predicted molar refractivity (Wildman–Crippen MR) is 179 cm³/mol. The van der Waals surface area contributed by atoms with Gasteiger partial charge in [-0.3, -0.25) is 13.9 Å². The van der Waals surface area contributed by atoms with Crippen molar-refractivity contribution in [3.05, 3.63) is 130 Å². The summed E-state index contributed by atoms with van der Waals surface area (Å²) in [6.45, 7) is 3.92. The number of amides is 2. The van der Waals surface area contributed by atoms with Gasteiger partial charge in [-0.25, -0.2) is 8.42 Å². The van der Waals surface area contributed by atoms with Crippen molar-refractivity contribution in [1.29, 1.82) is 0 Å². The number of carbonyl (C=O) groups is 2. The fraction of sp³-hybridized carbons (Fsp3) is 0.235. The number of sulfonamides is 1. The van der Waals surface area contributed by atoms with E-state index in [1.165, 1.54) is 17.0 Å². The Morgan fingerprint density at radius 1 is 0.841 bits per heavy atom. The van der Waals surface area contributed by atoms with Crippen LogP contribution in [0.4, 0.5) is 5.69 Å². The molecule has 7 nitrogen and oxygen atoms in total. The van der Waals surface area contributed by atoms with Gasteiger partial charge >= 0.3 is 0 Å². The van der Waals surface area contributed by atoms with Crippen LogP contribution in [0.15, 0.2) is 119 Å². The molecule has 0 aliphatic rings. The minimum Gasteiger partial charge on any atom is -0.354 e. The van der Waals surface area contributed by atoms with Crippen LogP contribution in [0, 0.1) is 5.92 Å². The van der Waals surface area contributed by atoms with E-state index in [2.05, 4.69) is 21.2 Å². The summed E-state index contributed by atoms with van der Waals surface area (Å²) in [5.41, 5.74) is 1.88. The number of nitrogens with zero attached hydrogens (tertiary/aromatic N) is 2. The molecule has 0 aliphatic heterocycles. The first-order chi connectivity index (χ1) is 21.0. The molecule has 0 saturated heterocycles. The molecule has 1 atom stereocenters. The molecule has 44 heavy (non-hydrogen) atoms. The highest BCUT2D eigenvalue weighted by molar-refractivity contribution is 9.10. The van der Waals surface area contributed by atoms with E-state index in [0.29, 0.717) is 27.3 Å². The van der Waals surface area contributed by atoms with Crippen molar-refractivity contribution in [1.82, 2.24) is 10.2 Å². The molecule has 0 fully saturated rings. The first kappa shape index (κ1) is 33.2. The quantitative estimate of drug-likeness (QED) is 0.168. The molecule has 10 heteroatoms. The fourth-order valence-corrected chi connectivity index (χ4v) is 6.72. The molecule has 0 aromatic heterocycles. The van der Waals surface area contributed by atoms with Gasteiger partial charge in [-0.05, 0) is 59.5 Å². The van der Waals surface area contributed by atoms with Crippen LogP contribution in [0.25, 0.3) is 0 Å². The van der Waals surface area contributed by atoms with Crippen LogP contribution in [-0.2, 0) is 32.6 Å². The smallest absolute Gasteiger partial charge is 0.264 e. The lowest BCUT2D eigenvalue weighted by atomic mass is 10.0. The maximum Gasteiger partial charge on any atom is 0.264 e. The van der Waals surface area contributed by atoms with Gasteiger partial charge in [0.2, 0.25) is 11.8 Å². The average molecular weight is 697 g/mol. The molecule has 0 bridgehead atoms. The average Bonchev–Trinajstić information content (AvgIpc) is 3.01. The highest BCUT2D eigenvalue weighted by Crippen LogP contribution is 2.27. The number of nitrogens with one attached hydrogen (secondary N) is 1. The number of carbonyl (C=O) groups excluding carboxylic acids is 2. The molecule has 4 aromatic carbocycles. The third-order valence-corrected chi connectivity index (χ3v) is 9.42. The summed E-state index contributed by atoms with van der Waals surface area (Å²) in [4.78, 5) is 29.8. The van der Waals surface area contributed by atoms with Crippen molar-refractivity contribution < 1.29 is 18.0 Å². The van der Waals surface area contributed by atoms with Gasteiger partial charge in [0.15, 0.2) is 0 Å². The summed E-state index contributed by atoms with van der Waals surface area (Å²) in [7, 11) is -4.16. The van der Waals surface area contributed by atoms with Gasteiger partial charge in [0.25, 0.3) is 10.0 Å². The van der Waals surface area contributed by atoms with Crippen LogP contribution in [0.5, 0.6) is 0 Å². The molecule has 4 rings (SSSR count). The van der Waals surface area contributed by atoms with E-state index in [4.69, 9.17) is 11.6 Å². The Labute approximate surface area is 273 Å². The SMILES string of the molecule is CC(C)CNC(=O)[C@@H](Cc1ccccc1)N(Cc1cccc(Cl)c1)C(=O)CN(c1cccc(Br)c1)S(=O)(=O)c1ccccc1. The van der Waals surface area contributed by atoms with Gasteiger partial charge in [0, 0.05) is 29.0 Å². The van der Waals surface area contributed by atoms with Gasteiger partial charge in [0.1, 0.15) is 12.6 Å². The first-order valence-corrected chi connectivity index (χ1v) is 16.8. The van der Waals surface area contributed by atoms with E-state index in [0.717, 1.165) is 9.87 Å². The van der Waals surface area contributed by atoms with E-state index in [9.17, 15) is 18.0 Å². The summed E-state index contributed by atoms with van der Waals surface area (Å²) in [6.07, 6.45) is 0.236. The molecule has 0 unspecified atom stereocenters. The summed E-state index contributed by atoms with van der Waals surface area (Å²) < 4.78 is 29.8. The molecule has 1 N–H and O–H groups in total. The maximum atomic E-state index is 14.4. The Morgan fingerprint density at radius 3 is 2.11 bits per heavy atom. The Bertz CT molecular complexity index is 1670. The Hall–Kier alpha value is -3.66. The van der Waals surface area contributed by atoms with E-state index < -0.39 is 28.5 Å². The van der Waals surface area contributed by atoms with Crippen LogP contribution < -0.4 is 9.62 Å². The second kappa shape index (κ2) is 15.4. The topological polar surface area (TPSA) is 86.8 Å². The van der Waals surface area contributed by atoms with Crippen LogP contribution >= 0.6 is 27.5 Å². The van der Waals surface area contributed by atoms with Crippen molar-refractivity contribution >= 4 is 55.1 Å². The largest absolute Gasteiger partial charge is 0.354 e. The van der Waals surface area contributed by atoms with E-state index in [1.54, 1.807) is 60.7 Å².